The van der Waals surface area contributed by atoms with Crippen LogP contribution < -0.4 is 16.8 Å². The quantitative estimate of drug-likeness (QED) is 0.155. The number of aryl methyl sites for hydroxylation is 2. The van der Waals surface area contributed by atoms with Crippen molar-refractivity contribution in [2.45, 2.75) is 71.9 Å². The molecule has 8 N–H and O–H groups in total. The maximum absolute atomic E-state index is 11.9. The summed E-state index contributed by atoms with van der Waals surface area (Å²) >= 11 is 0. The first-order chi connectivity index (χ1) is 18.3. The zero-order valence-corrected chi connectivity index (χ0v) is 23.0. The summed E-state index contributed by atoms with van der Waals surface area (Å²) in [5, 5.41) is 30.8. The number of carboxylic acids is 2. The predicted octanol–water partition coefficient (Wildman–Crippen LogP) is 4.08. The number of fused-ring (bicyclic) bond motifs is 1. The average Bonchev–Trinajstić information content (AvgIpc) is 3.18. The van der Waals surface area contributed by atoms with Gasteiger partial charge in [-0.1, -0.05) is 38.5 Å². The van der Waals surface area contributed by atoms with Crippen LogP contribution in [-0.2, 0) is 20.9 Å². The van der Waals surface area contributed by atoms with E-state index in [2.05, 4.69) is 9.88 Å². The van der Waals surface area contributed by atoms with Crippen LogP contribution in [0.5, 0.6) is 5.75 Å². The first-order valence-corrected chi connectivity index (χ1v) is 13.0. The van der Waals surface area contributed by atoms with E-state index in [1.165, 1.54) is 0 Å². The number of rotatable bonds is 11. The van der Waals surface area contributed by atoms with Gasteiger partial charge in [0.1, 0.15) is 18.2 Å². The molecule has 0 saturated carbocycles. The number of aromatic nitrogens is 1. The van der Waals surface area contributed by atoms with Crippen LogP contribution in [-0.4, -0.2) is 50.3 Å². The van der Waals surface area contributed by atoms with Gasteiger partial charge in [0.2, 0.25) is 5.91 Å². The van der Waals surface area contributed by atoms with Crippen LogP contribution in [0.1, 0.15) is 67.8 Å². The third-order valence-corrected chi connectivity index (χ3v) is 6.39. The molecule has 212 valence electrons. The van der Waals surface area contributed by atoms with Crippen LogP contribution in [0.2, 0.25) is 0 Å². The summed E-state index contributed by atoms with van der Waals surface area (Å²) < 4.78 is 2.17. The largest absolute Gasteiger partial charge is 0.508 e. The SMILES string of the molecule is Cc1ccc(NC(=O)CC(=O)O)c2cc(C)n(Cc3ccc(O)c(C(C)C)c3)c12.NCCCC[C@H](N)C(=O)O. The Morgan fingerprint density at radius 3 is 2.31 bits per heavy atom. The number of anilines is 1. The fourth-order valence-corrected chi connectivity index (χ4v) is 4.31. The van der Waals surface area contributed by atoms with Crippen molar-refractivity contribution in [2.75, 3.05) is 11.9 Å². The second-order valence-electron chi connectivity index (χ2n) is 9.96. The highest BCUT2D eigenvalue weighted by Gasteiger charge is 2.16. The van der Waals surface area contributed by atoms with Crippen molar-refractivity contribution in [3.8, 4) is 5.75 Å². The molecule has 1 atom stereocenters. The zero-order chi connectivity index (χ0) is 29.3. The average molecular weight is 541 g/mol. The minimum atomic E-state index is -1.16. The topological polar surface area (TPSA) is 181 Å². The highest BCUT2D eigenvalue weighted by Crippen LogP contribution is 2.32. The summed E-state index contributed by atoms with van der Waals surface area (Å²) in [6.45, 7) is 9.34. The van der Waals surface area contributed by atoms with Crippen molar-refractivity contribution in [3.05, 3.63) is 58.8 Å². The number of unbranched alkanes of at least 4 members (excludes halogenated alkanes) is 1. The smallest absolute Gasteiger partial charge is 0.320 e. The molecule has 0 spiro atoms. The molecule has 0 aliphatic rings. The van der Waals surface area contributed by atoms with Gasteiger partial charge in [-0.3, -0.25) is 14.4 Å². The van der Waals surface area contributed by atoms with E-state index in [0.29, 0.717) is 30.9 Å². The van der Waals surface area contributed by atoms with E-state index in [4.69, 9.17) is 21.7 Å². The number of aromatic hydroxyl groups is 1. The van der Waals surface area contributed by atoms with E-state index in [9.17, 15) is 19.5 Å². The molecule has 0 aliphatic heterocycles. The lowest BCUT2D eigenvalue weighted by atomic mass is 9.99. The van der Waals surface area contributed by atoms with Gasteiger partial charge >= 0.3 is 11.9 Å². The van der Waals surface area contributed by atoms with Crippen molar-refractivity contribution in [1.82, 2.24) is 4.57 Å². The van der Waals surface area contributed by atoms with Gasteiger partial charge in [-0.2, -0.15) is 0 Å². The molecule has 1 aromatic heterocycles. The van der Waals surface area contributed by atoms with Crippen LogP contribution >= 0.6 is 0 Å². The molecule has 0 aliphatic carbocycles. The second-order valence-corrected chi connectivity index (χ2v) is 9.96. The number of amides is 1. The number of carbonyl (C=O) groups is 3. The molecule has 0 bridgehead atoms. The lowest BCUT2D eigenvalue weighted by molar-refractivity contribution is -0.140. The van der Waals surface area contributed by atoms with Crippen LogP contribution in [0.25, 0.3) is 10.9 Å². The molecule has 1 amide bonds. The Morgan fingerprint density at radius 1 is 1.03 bits per heavy atom. The highest BCUT2D eigenvalue weighted by atomic mass is 16.4. The monoisotopic (exact) mass is 540 g/mol. The van der Waals surface area contributed by atoms with Crippen LogP contribution in [0, 0.1) is 13.8 Å². The number of carboxylic acid groups (broad SMARTS) is 2. The molecule has 39 heavy (non-hydrogen) atoms. The summed E-state index contributed by atoms with van der Waals surface area (Å²) in [4.78, 5) is 32.9. The molecule has 0 fully saturated rings. The van der Waals surface area contributed by atoms with Crippen LogP contribution in [0.3, 0.4) is 0 Å². The van der Waals surface area contributed by atoms with E-state index in [1.807, 2.05) is 52.0 Å². The normalized spacial score (nSPS) is 11.7. The molecule has 10 heteroatoms. The first kappa shape index (κ1) is 31.3. The Kier molecular flexibility index (Phi) is 11.5. The Balaban J connectivity index is 0.000000455. The summed E-state index contributed by atoms with van der Waals surface area (Å²) in [5.74, 6) is -2.12. The second kappa shape index (κ2) is 14.3. The van der Waals surface area contributed by atoms with Crippen molar-refractivity contribution >= 4 is 34.4 Å². The standard InChI is InChI=1S/C23H26N2O4.C6H14N2O2/c1-13(2)17-10-16(6-8-20(17)26)12-25-15(4)9-18-19(7-5-14(3)23(18)25)24-21(27)11-22(28)29;7-4-2-1-3-5(8)6(9)10/h5-10,13,26H,11-12H2,1-4H3,(H,24,27)(H,28,29);5H,1-4,7-8H2,(H,9,10)/t;5-/m.0/s1. The van der Waals surface area contributed by atoms with Gasteiger partial charge in [0.15, 0.2) is 0 Å². The number of carbonyl (C=O) groups excluding carboxylic acids is 1. The van der Waals surface area contributed by atoms with Gasteiger partial charge in [0, 0.05) is 17.6 Å². The minimum Gasteiger partial charge on any atom is -0.508 e. The lowest BCUT2D eigenvalue weighted by Crippen LogP contribution is -2.29. The summed E-state index contributed by atoms with van der Waals surface area (Å²) in [6.07, 6.45) is 1.60. The maximum Gasteiger partial charge on any atom is 0.320 e. The Labute approximate surface area is 228 Å². The van der Waals surface area contributed by atoms with Crippen molar-refractivity contribution in [3.63, 3.8) is 0 Å². The summed E-state index contributed by atoms with van der Waals surface area (Å²) in [5.41, 5.74) is 16.1. The molecular weight excluding hydrogens is 500 g/mol. The van der Waals surface area contributed by atoms with Crippen molar-refractivity contribution in [1.29, 1.82) is 0 Å². The van der Waals surface area contributed by atoms with Crippen molar-refractivity contribution in [2.24, 2.45) is 11.5 Å². The molecule has 0 saturated heterocycles. The van der Waals surface area contributed by atoms with Gasteiger partial charge in [0.05, 0.1) is 11.2 Å². The van der Waals surface area contributed by atoms with Gasteiger partial charge in [0.25, 0.3) is 0 Å². The number of benzene rings is 2. The van der Waals surface area contributed by atoms with E-state index < -0.39 is 30.3 Å². The number of phenols is 1. The van der Waals surface area contributed by atoms with Gasteiger partial charge in [-0.15, -0.1) is 0 Å². The maximum atomic E-state index is 11.9. The molecule has 1 heterocycles. The number of nitrogens with one attached hydrogen (secondary N) is 1. The van der Waals surface area contributed by atoms with Gasteiger partial charge < -0.3 is 36.7 Å². The van der Waals surface area contributed by atoms with Gasteiger partial charge in [-0.25, -0.2) is 0 Å². The van der Waals surface area contributed by atoms with E-state index in [0.717, 1.165) is 46.1 Å². The molecular formula is C29H40N4O6. The number of hydrogen-bond acceptors (Lipinski definition) is 6. The molecule has 0 radical (unpaired) electrons. The zero-order valence-electron chi connectivity index (χ0n) is 23.0. The number of nitrogens with two attached hydrogens (primary N) is 2. The molecule has 3 aromatic rings. The Hall–Kier alpha value is -3.89. The van der Waals surface area contributed by atoms with E-state index in [1.54, 1.807) is 12.1 Å². The number of phenolic OH excluding ortho intramolecular Hbond substituents is 1. The highest BCUT2D eigenvalue weighted by molar-refractivity contribution is 6.07. The third kappa shape index (κ3) is 8.83. The van der Waals surface area contributed by atoms with Crippen molar-refractivity contribution < 1.29 is 29.7 Å². The number of nitrogens with zero attached hydrogens (tertiary/aromatic N) is 1. The van der Waals surface area contributed by atoms with E-state index >= 15 is 0 Å². The molecule has 2 aromatic carbocycles. The predicted molar refractivity (Wildman–Crippen MR) is 152 cm³/mol. The minimum absolute atomic E-state index is 0.218. The number of aliphatic carboxylic acids is 2. The molecule has 3 rings (SSSR count). The molecule has 0 unspecified atom stereocenters. The Morgan fingerprint density at radius 2 is 1.72 bits per heavy atom. The number of hydrogen-bond donors (Lipinski definition) is 6. The lowest BCUT2D eigenvalue weighted by Gasteiger charge is -2.14. The molecule has 10 nitrogen and oxygen atoms in total. The van der Waals surface area contributed by atoms with Gasteiger partial charge in [-0.05, 0) is 74.0 Å². The van der Waals surface area contributed by atoms with E-state index in [-0.39, 0.29) is 5.92 Å². The fraction of sp³-hybridized carbons (Fsp3) is 0.414. The summed E-state index contributed by atoms with van der Waals surface area (Å²) in [7, 11) is 0. The van der Waals surface area contributed by atoms with Crippen LogP contribution in [0.15, 0.2) is 36.4 Å². The van der Waals surface area contributed by atoms with Crippen LogP contribution in [0.4, 0.5) is 5.69 Å². The first-order valence-electron chi connectivity index (χ1n) is 13.0. The Bertz CT molecular complexity index is 1310. The summed E-state index contributed by atoms with van der Waals surface area (Å²) in [6, 6.07) is 10.7. The fourth-order valence-electron chi connectivity index (χ4n) is 4.31. The third-order valence-electron chi connectivity index (χ3n) is 6.39.